The highest BCUT2D eigenvalue weighted by atomic mass is 35.5. The van der Waals surface area contributed by atoms with Crippen molar-refractivity contribution in [1.82, 2.24) is 9.55 Å². The van der Waals surface area contributed by atoms with Gasteiger partial charge in [-0.1, -0.05) is 90.5 Å². The minimum Gasteiger partial charge on any atom is -0.459 e. The number of nitrogens with one attached hydrogen (secondary N) is 1. The Kier molecular flexibility index (Phi) is 6.63. The number of hydrogen-bond acceptors (Lipinski definition) is 5. The molecule has 0 aliphatic rings. The Morgan fingerprint density at radius 3 is 2.16 bits per heavy atom. The Balaban J connectivity index is 1.68. The molecule has 0 atom stereocenters. The van der Waals surface area contributed by atoms with Crippen LogP contribution in [0, 0.1) is 0 Å². The molecule has 0 fully saturated rings. The van der Waals surface area contributed by atoms with Gasteiger partial charge in [-0.2, -0.15) is 0 Å². The summed E-state index contributed by atoms with van der Waals surface area (Å²) in [5, 5.41) is 3.08. The largest absolute Gasteiger partial charge is 0.459 e. The molecular weight excluding hydrogens is 426 g/mol. The molecule has 0 amide bonds. The highest BCUT2D eigenvalue weighted by Crippen LogP contribution is 2.27. The third-order valence-corrected chi connectivity index (χ3v) is 5.00. The van der Waals surface area contributed by atoms with Crippen LogP contribution in [0.2, 0.25) is 5.15 Å². The van der Waals surface area contributed by atoms with Crippen LogP contribution in [0.25, 0.3) is 11.3 Å². The first-order valence-electron chi connectivity index (χ1n) is 9.99. The van der Waals surface area contributed by atoms with Crippen LogP contribution in [0.1, 0.15) is 5.56 Å². The first-order chi connectivity index (χ1) is 15.6. The van der Waals surface area contributed by atoms with Crippen molar-refractivity contribution in [2.75, 3.05) is 5.32 Å². The van der Waals surface area contributed by atoms with Crippen molar-refractivity contribution in [2.45, 2.75) is 13.2 Å². The summed E-state index contributed by atoms with van der Waals surface area (Å²) in [6.45, 7) is -0.190. The molecule has 0 saturated heterocycles. The average Bonchev–Trinajstić information content (AvgIpc) is 2.83. The van der Waals surface area contributed by atoms with Gasteiger partial charge in [-0.25, -0.2) is 4.98 Å². The fourth-order valence-corrected chi connectivity index (χ4v) is 3.51. The molecule has 7 heteroatoms. The van der Waals surface area contributed by atoms with Crippen molar-refractivity contribution in [1.29, 1.82) is 0 Å². The number of nitrogens with zero attached hydrogens (tertiary/aromatic N) is 2. The number of anilines is 2. The van der Waals surface area contributed by atoms with E-state index in [4.69, 9.17) is 16.3 Å². The molecule has 0 bridgehead atoms. The molecule has 0 aliphatic heterocycles. The third-order valence-electron chi connectivity index (χ3n) is 4.74. The molecule has 1 N–H and O–H groups in total. The van der Waals surface area contributed by atoms with E-state index in [1.807, 2.05) is 66.7 Å². The third kappa shape index (κ3) is 5.04. The van der Waals surface area contributed by atoms with Crippen molar-refractivity contribution in [3.8, 4) is 11.3 Å². The van der Waals surface area contributed by atoms with E-state index in [1.165, 1.54) is 4.57 Å². The smallest absolute Gasteiger partial charge is 0.326 e. The zero-order chi connectivity index (χ0) is 22.3. The van der Waals surface area contributed by atoms with E-state index in [9.17, 15) is 9.59 Å². The van der Waals surface area contributed by atoms with E-state index in [0.717, 1.165) is 5.56 Å². The summed E-state index contributed by atoms with van der Waals surface area (Å²) in [4.78, 5) is 30.2. The van der Waals surface area contributed by atoms with Gasteiger partial charge in [-0.15, -0.1) is 0 Å². The second-order valence-corrected chi connectivity index (χ2v) is 7.35. The summed E-state index contributed by atoms with van der Waals surface area (Å²) >= 11 is 6.50. The maximum Gasteiger partial charge on any atom is 0.326 e. The second kappa shape index (κ2) is 9.94. The Morgan fingerprint density at radius 1 is 0.906 bits per heavy atom. The molecule has 0 aliphatic carbocycles. The second-order valence-electron chi connectivity index (χ2n) is 6.99. The summed E-state index contributed by atoms with van der Waals surface area (Å²) in [6, 6.07) is 27.6. The van der Waals surface area contributed by atoms with Gasteiger partial charge >= 0.3 is 5.97 Å². The van der Waals surface area contributed by atoms with Gasteiger partial charge in [-0.3, -0.25) is 14.2 Å². The topological polar surface area (TPSA) is 73.2 Å². The van der Waals surface area contributed by atoms with Gasteiger partial charge in [0.15, 0.2) is 11.0 Å². The minimum atomic E-state index is -0.555. The molecule has 0 radical (unpaired) electrons. The number of carbonyl (C=O) groups is 1. The SMILES string of the molecule is O=C(Cn1c(-c2ccccc2)c(Cl)nc(Nc2ccccc2)c1=O)OCc1ccccc1. The van der Waals surface area contributed by atoms with E-state index < -0.39 is 11.5 Å². The zero-order valence-electron chi connectivity index (χ0n) is 17.1. The summed E-state index contributed by atoms with van der Waals surface area (Å²) in [6.07, 6.45) is 0. The molecule has 32 heavy (non-hydrogen) atoms. The van der Waals surface area contributed by atoms with Gasteiger partial charge in [0.1, 0.15) is 13.2 Å². The molecule has 1 aromatic heterocycles. The van der Waals surface area contributed by atoms with Gasteiger partial charge in [0.05, 0.1) is 5.69 Å². The quantitative estimate of drug-likeness (QED) is 0.403. The lowest BCUT2D eigenvalue weighted by atomic mass is 10.1. The number of halogens is 1. The molecule has 0 spiro atoms. The molecule has 4 aromatic rings. The predicted molar refractivity (Wildman–Crippen MR) is 125 cm³/mol. The highest BCUT2D eigenvalue weighted by molar-refractivity contribution is 6.32. The Hall–Kier alpha value is -3.90. The Morgan fingerprint density at radius 2 is 1.50 bits per heavy atom. The number of rotatable bonds is 7. The maximum atomic E-state index is 13.3. The number of esters is 1. The molecular formula is C25H20ClN3O3. The summed E-state index contributed by atoms with van der Waals surface area (Å²) in [5.74, 6) is -0.530. The number of aromatic nitrogens is 2. The Bertz CT molecular complexity index is 1260. The maximum absolute atomic E-state index is 13.3. The average molecular weight is 446 g/mol. The Labute approximate surface area is 190 Å². The van der Waals surface area contributed by atoms with Crippen molar-refractivity contribution >= 4 is 29.1 Å². The van der Waals surface area contributed by atoms with Gasteiger partial charge in [0, 0.05) is 11.3 Å². The van der Waals surface area contributed by atoms with E-state index in [0.29, 0.717) is 16.9 Å². The fourth-order valence-electron chi connectivity index (χ4n) is 3.21. The highest BCUT2D eigenvalue weighted by Gasteiger charge is 2.20. The van der Waals surface area contributed by atoms with Gasteiger partial charge in [0.2, 0.25) is 0 Å². The lowest BCUT2D eigenvalue weighted by Gasteiger charge is -2.16. The first kappa shape index (κ1) is 21.3. The summed E-state index contributed by atoms with van der Waals surface area (Å²) in [7, 11) is 0. The van der Waals surface area contributed by atoms with E-state index >= 15 is 0 Å². The van der Waals surface area contributed by atoms with Crippen molar-refractivity contribution in [3.05, 3.63) is 112 Å². The van der Waals surface area contributed by atoms with Gasteiger partial charge in [-0.05, 0) is 17.7 Å². The molecule has 0 saturated carbocycles. The predicted octanol–water partition coefficient (Wildman–Crippen LogP) is 5.05. The van der Waals surface area contributed by atoms with Crippen LogP contribution in [-0.2, 0) is 22.7 Å². The van der Waals surface area contributed by atoms with Crippen LogP contribution in [0.15, 0.2) is 95.8 Å². The van der Waals surface area contributed by atoms with E-state index in [2.05, 4.69) is 10.3 Å². The van der Waals surface area contributed by atoms with Crippen LogP contribution < -0.4 is 10.9 Å². The molecule has 4 rings (SSSR count). The monoisotopic (exact) mass is 445 g/mol. The van der Waals surface area contributed by atoms with Crippen molar-refractivity contribution in [3.63, 3.8) is 0 Å². The molecule has 1 heterocycles. The number of para-hydroxylation sites is 1. The van der Waals surface area contributed by atoms with Crippen molar-refractivity contribution in [2.24, 2.45) is 0 Å². The van der Waals surface area contributed by atoms with Crippen LogP contribution in [-0.4, -0.2) is 15.5 Å². The molecule has 160 valence electrons. The lowest BCUT2D eigenvalue weighted by Crippen LogP contribution is -2.29. The number of hydrogen-bond donors (Lipinski definition) is 1. The van der Waals surface area contributed by atoms with Gasteiger partial charge in [0.25, 0.3) is 5.56 Å². The molecule has 6 nitrogen and oxygen atoms in total. The summed E-state index contributed by atoms with van der Waals surface area (Å²) in [5.41, 5.74) is 2.08. The number of benzene rings is 3. The summed E-state index contributed by atoms with van der Waals surface area (Å²) < 4.78 is 6.69. The molecule has 3 aromatic carbocycles. The normalized spacial score (nSPS) is 10.5. The lowest BCUT2D eigenvalue weighted by molar-refractivity contribution is -0.145. The van der Waals surface area contributed by atoms with Crippen LogP contribution in [0.4, 0.5) is 11.5 Å². The van der Waals surface area contributed by atoms with E-state index in [-0.39, 0.29) is 24.1 Å². The zero-order valence-corrected chi connectivity index (χ0v) is 17.8. The number of carbonyl (C=O) groups excluding carboxylic acids is 1. The van der Waals surface area contributed by atoms with Crippen LogP contribution in [0.3, 0.4) is 0 Å². The van der Waals surface area contributed by atoms with Crippen molar-refractivity contribution < 1.29 is 9.53 Å². The van der Waals surface area contributed by atoms with E-state index in [1.54, 1.807) is 24.3 Å². The number of ether oxygens (including phenoxy) is 1. The standard InChI is InChI=1S/C25H20ClN3O3/c26-23-22(19-12-6-2-7-13-19)29(16-21(30)32-17-18-10-4-1-5-11-18)25(31)24(28-23)27-20-14-8-3-9-15-20/h1-15H,16-17H2,(H,27,28). The first-order valence-corrected chi connectivity index (χ1v) is 10.4. The minimum absolute atomic E-state index is 0.0248. The van der Waals surface area contributed by atoms with Crippen LogP contribution in [0.5, 0.6) is 0 Å². The van der Waals surface area contributed by atoms with Gasteiger partial charge < -0.3 is 10.1 Å². The molecule has 0 unspecified atom stereocenters. The fraction of sp³-hybridized carbons (Fsp3) is 0.0800. The van der Waals surface area contributed by atoms with Crippen LogP contribution >= 0.6 is 11.6 Å².